The average Bonchev–Trinajstić information content (AvgIpc) is 2.83. The molecule has 0 aromatic carbocycles. The van der Waals surface area contributed by atoms with Crippen LogP contribution in [0.1, 0.15) is 65.7 Å². The quantitative estimate of drug-likeness (QED) is 0.338. The Hall–Kier alpha value is -0.700. The maximum Gasteiger partial charge on any atom is -0.0234 e. The monoisotopic (exact) mass is 208 g/mol. The van der Waals surface area contributed by atoms with Crippen LogP contribution in [0.5, 0.6) is 0 Å². The van der Waals surface area contributed by atoms with Gasteiger partial charge in [0.1, 0.15) is 0 Å². The number of allylic oxidation sites excluding steroid dienone is 2. The van der Waals surface area contributed by atoms with Gasteiger partial charge in [-0.25, -0.2) is 0 Å². The van der Waals surface area contributed by atoms with Crippen molar-refractivity contribution in [2.24, 2.45) is 5.92 Å². The van der Waals surface area contributed by atoms with Crippen LogP contribution in [0.15, 0.2) is 12.2 Å². The van der Waals surface area contributed by atoms with E-state index in [1.165, 1.54) is 44.9 Å². The molecule has 0 spiro atoms. The fourth-order valence-electron chi connectivity index (χ4n) is 1.76. The zero-order chi connectivity index (χ0) is 11.9. The predicted molar refractivity (Wildman–Crippen MR) is 71.9 cm³/mol. The third kappa shape index (κ3) is 11.2. The summed E-state index contributed by atoms with van der Waals surface area (Å²) in [7, 11) is 0. The summed E-state index contributed by atoms with van der Waals surface area (Å²) in [6.07, 6.45) is 22.6. The van der Waals surface area contributed by atoms with E-state index in [0.29, 0.717) is 0 Å². The van der Waals surface area contributed by atoms with Crippen molar-refractivity contribution in [3.63, 3.8) is 0 Å². The Labute approximate surface area is 97.2 Å². The molecule has 0 N–H and O–H groups in total. The van der Waals surface area contributed by atoms with Crippen LogP contribution < -0.4 is 0 Å². The number of unbranched alkanes of at least 4 members (excludes halogenated alkanes) is 2. The first-order chi connectivity index (χ1) is 7.43. The zero-order valence-corrected chi connectivity index (χ0v) is 10.8. The lowest BCUT2D eigenvalue weighted by Crippen LogP contribution is -1.84. The SMILES string of the molecule is C#C.CC.CCCC/C=C/C1CCCC1. The van der Waals surface area contributed by atoms with Crippen molar-refractivity contribution >= 4 is 0 Å². The summed E-state index contributed by atoms with van der Waals surface area (Å²) in [5.41, 5.74) is 0. The van der Waals surface area contributed by atoms with Crippen molar-refractivity contribution in [2.75, 3.05) is 0 Å². The smallest absolute Gasteiger partial charge is 0.0234 e. The molecule has 88 valence electrons. The summed E-state index contributed by atoms with van der Waals surface area (Å²) < 4.78 is 0. The summed E-state index contributed by atoms with van der Waals surface area (Å²) in [6.45, 7) is 6.25. The molecule has 0 aromatic heterocycles. The van der Waals surface area contributed by atoms with Crippen molar-refractivity contribution in [1.82, 2.24) is 0 Å². The highest BCUT2D eigenvalue weighted by molar-refractivity contribution is 4.90. The molecule has 0 radical (unpaired) electrons. The first-order valence-electron chi connectivity index (χ1n) is 6.43. The molecule has 0 heteroatoms. The molecule has 1 saturated carbocycles. The lowest BCUT2D eigenvalue weighted by molar-refractivity contribution is 0.679. The molecular weight excluding hydrogens is 180 g/mol. The maximum atomic E-state index is 4.00. The lowest BCUT2D eigenvalue weighted by Gasteiger charge is -1.98. The fourth-order valence-corrected chi connectivity index (χ4v) is 1.76. The van der Waals surface area contributed by atoms with Gasteiger partial charge in [0, 0.05) is 0 Å². The molecule has 0 heterocycles. The molecular formula is C15H28. The summed E-state index contributed by atoms with van der Waals surface area (Å²) in [4.78, 5) is 0. The Morgan fingerprint density at radius 1 is 1.13 bits per heavy atom. The number of rotatable bonds is 4. The normalized spacial score (nSPS) is 15.3. The summed E-state index contributed by atoms with van der Waals surface area (Å²) in [5.74, 6) is 0.937. The minimum absolute atomic E-state index is 0.937. The molecule has 0 amide bonds. The molecule has 15 heavy (non-hydrogen) atoms. The topological polar surface area (TPSA) is 0 Å². The lowest BCUT2D eigenvalue weighted by atomic mass is 10.1. The Kier molecular flexibility index (Phi) is 17.6. The second kappa shape index (κ2) is 15.8. The third-order valence-corrected chi connectivity index (χ3v) is 2.53. The van der Waals surface area contributed by atoms with E-state index in [2.05, 4.69) is 31.9 Å². The predicted octanol–water partition coefficient (Wildman–Crippen LogP) is 5.20. The Morgan fingerprint density at radius 3 is 2.13 bits per heavy atom. The largest absolute Gasteiger partial charge is 0.124 e. The maximum absolute atomic E-state index is 4.00. The van der Waals surface area contributed by atoms with Gasteiger partial charge in [-0.15, -0.1) is 12.8 Å². The van der Waals surface area contributed by atoms with Crippen molar-refractivity contribution in [1.29, 1.82) is 0 Å². The van der Waals surface area contributed by atoms with Crippen molar-refractivity contribution < 1.29 is 0 Å². The Balaban J connectivity index is 0. The Bertz CT molecular complexity index is 135. The highest BCUT2D eigenvalue weighted by Gasteiger charge is 2.10. The van der Waals surface area contributed by atoms with Crippen LogP contribution in [0, 0.1) is 18.8 Å². The van der Waals surface area contributed by atoms with Gasteiger partial charge in [0.05, 0.1) is 0 Å². The van der Waals surface area contributed by atoms with Gasteiger partial charge in [0.15, 0.2) is 0 Å². The minimum Gasteiger partial charge on any atom is -0.124 e. The highest BCUT2D eigenvalue weighted by atomic mass is 14.2. The van der Waals surface area contributed by atoms with E-state index in [0.717, 1.165) is 5.92 Å². The van der Waals surface area contributed by atoms with E-state index in [1.54, 1.807) is 0 Å². The molecule has 0 unspecified atom stereocenters. The summed E-state index contributed by atoms with van der Waals surface area (Å²) >= 11 is 0. The molecule has 0 aliphatic heterocycles. The van der Waals surface area contributed by atoms with Gasteiger partial charge in [-0.2, -0.15) is 0 Å². The molecule has 1 aliphatic carbocycles. The number of terminal acetylenes is 1. The molecule has 0 saturated heterocycles. The van der Waals surface area contributed by atoms with Gasteiger partial charge in [-0.1, -0.05) is 58.6 Å². The van der Waals surface area contributed by atoms with E-state index >= 15 is 0 Å². The van der Waals surface area contributed by atoms with Gasteiger partial charge in [-0.3, -0.25) is 0 Å². The van der Waals surface area contributed by atoms with Gasteiger partial charge >= 0.3 is 0 Å². The van der Waals surface area contributed by atoms with Crippen molar-refractivity contribution in [3.05, 3.63) is 12.2 Å². The molecule has 1 aliphatic rings. The van der Waals surface area contributed by atoms with Crippen LogP contribution in [0.2, 0.25) is 0 Å². The van der Waals surface area contributed by atoms with Crippen LogP contribution in [-0.2, 0) is 0 Å². The summed E-state index contributed by atoms with van der Waals surface area (Å²) in [5, 5.41) is 0. The zero-order valence-electron chi connectivity index (χ0n) is 10.8. The average molecular weight is 208 g/mol. The van der Waals surface area contributed by atoms with Gasteiger partial charge in [0.25, 0.3) is 0 Å². The molecule has 0 aromatic rings. The van der Waals surface area contributed by atoms with E-state index < -0.39 is 0 Å². The van der Waals surface area contributed by atoms with Crippen LogP contribution in [-0.4, -0.2) is 0 Å². The van der Waals surface area contributed by atoms with Crippen LogP contribution in [0.25, 0.3) is 0 Å². The second-order valence-corrected chi connectivity index (χ2v) is 3.61. The molecule has 0 bridgehead atoms. The highest BCUT2D eigenvalue weighted by Crippen LogP contribution is 2.25. The first-order valence-corrected chi connectivity index (χ1v) is 6.43. The molecule has 1 fully saturated rings. The van der Waals surface area contributed by atoms with Gasteiger partial charge in [0.2, 0.25) is 0 Å². The van der Waals surface area contributed by atoms with E-state index in [4.69, 9.17) is 0 Å². The van der Waals surface area contributed by atoms with E-state index in [-0.39, 0.29) is 0 Å². The fraction of sp³-hybridized carbons (Fsp3) is 0.733. The van der Waals surface area contributed by atoms with Crippen LogP contribution >= 0.6 is 0 Å². The first kappa shape index (κ1) is 16.7. The van der Waals surface area contributed by atoms with Gasteiger partial charge in [-0.05, 0) is 25.2 Å². The Morgan fingerprint density at radius 2 is 1.67 bits per heavy atom. The third-order valence-electron chi connectivity index (χ3n) is 2.53. The molecule has 0 atom stereocenters. The molecule has 0 nitrogen and oxygen atoms in total. The number of hydrogen-bond donors (Lipinski definition) is 0. The van der Waals surface area contributed by atoms with Gasteiger partial charge < -0.3 is 0 Å². The minimum atomic E-state index is 0.937. The van der Waals surface area contributed by atoms with E-state index in [9.17, 15) is 0 Å². The van der Waals surface area contributed by atoms with Crippen molar-refractivity contribution in [3.8, 4) is 12.8 Å². The van der Waals surface area contributed by atoms with Crippen molar-refractivity contribution in [2.45, 2.75) is 65.7 Å². The summed E-state index contributed by atoms with van der Waals surface area (Å²) in [6, 6.07) is 0. The van der Waals surface area contributed by atoms with Crippen LogP contribution in [0.3, 0.4) is 0 Å². The second-order valence-electron chi connectivity index (χ2n) is 3.61. The standard InChI is InChI=1S/C11H20.C2H6.C2H2/c1-2-3-4-5-8-11-9-6-7-10-11;2*1-2/h5,8,11H,2-4,6-7,9-10H2,1H3;1-2H3;1-2H/b8-5+;;. The van der Waals surface area contributed by atoms with Crippen LogP contribution in [0.4, 0.5) is 0 Å². The number of hydrogen-bond acceptors (Lipinski definition) is 0. The molecule has 1 rings (SSSR count). The van der Waals surface area contributed by atoms with E-state index in [1.807, 2.05) is 13.8 Å².